The van der Waals surface area contributed by atoms with Gasteiger partial charge in [-0.25, -0.2) is 4.98 Å². The molecule has 0 fully saturated rings. The molecule has 0 saturated carbocycles. The van der Waals surface area contributed by atoms with E-state index in [4.69, 9.17) is 16.3 Å². The van der Waals surface area contributed by atoms with E-state index < -0.39 is 0 Å². The highest BCUT2D eigenvalue weighted by Gasteiger charge is 2.18. The molecule has 4 nitrogen and oxygen atoms in total. The van der Waals surface area contributed by atoms with Crippen LogP contribution in [0.1, 0.15) is 12.5 Å². The monoisotopic (exact) mass is 274 g/mol. The van der Waals surface area contributed by atoms with Crippen molar-refractivity contribution in [3.63, 3.8) is 0 Å². The number of rotatable bonds is 1. The highest BCUT2D eigenvalue weighted by Crippen LogP contribution is 2.39. The molecule has 96 valence electrons. The quantitative estimate of drug-likeness (QED) is 0.868. The third kappa shape index (κ3) is 2.27. The number of fused-ring (bicyclic) bond motifs is 3. The van der Waals surface area contributed by atoms with E-state index in [1.54, 1.807) is 12.3 Å². The second kappa shape index (κ2) is 4.55. The minimum atomic E-state index is -0.147. The lowest BCUT2D eigenvalue weighted by Gasteiger charge is -2.21. The van der Waals surface area contributed by atoms with Gasteiger partial charge in [-0.15, -0.1) is 0 Å². The standard InChI is InChI=1S/C14H11ClN2O2/c1-8(18)17-14-5-11-9(6-16-14)7-19-13-3-2-10(15)4-12(11)13/h2-6H,7H2,1H3,(H,16,17,18). The van der Waals surface area contributed by atoms with Crippen molar-refractivity contribution in [3.05, 3.63) is 41.0 Å². The average Bonchev–Trinajstić information content (AvgIpc) is 2.38. The molecule has 0 radical (unpaired) electrons. The summed E-state index contributed by atoms with van der Waals surface area (Å²) in [6.07, 6.45) is 1.71. The Hall–Kier alpha value is -2.07. The summed E-state index contributed by atoms with van der Waals surface area (Å²) in [6.45, 7) is 1.92. The normalized spacial score (nSPS) is 12.1. The maximum Gasteiger partial charge on any atom is 0.222 e. The summed E-state index contributed by atoms with van der Waals surface area (Å²) in [4.78, 5) is 15.3. The van der Waals surface area contributed by atoms with Gasteiger partial charge in [0.2, 0.25) is 5.91 Å². The van der Waals surface area contributed by atoms with Crippen molar-refractivity contribution < 1.29 is 9.53 Å². The van der Waals surface area contributed by atoms with Crippen molar-refractivity contribution in [2.45, 2.75) is 13.5 Å². The summed E-state index contributed by atoms with van der Waals surface area (Å²) < 4.78 is 5.64. The zero-order chi connectivity index (χ0) is 13.4. The van der Waals surface area contributed by atoms with Crippen LogP contribution in [0.25, 0.3) is 11.1 Å². The Kier molecular flexibility index (Phi) is 2.87. The summed E-state index contributed by atoms with van der Waals surface area (Å²) in [6, 6.07) is 7.33. The fourth-order valence-electron chi connectivity index (χ4n) is 2.09. The number of benzene rings is 1. The molecule has 1 aliphatic heterocycles. The number of amides is 1. The molecule has 5 heteroatoms. The number of hydrogen-bond acceptors (Lipinski definition) is 3. The van der Waals surface area contributed by atoms with E-state index in [-0.39, 0.29) is 5.91 Å². The number of carbonyl (C=O) groups excluding carboxylic acids is 1. The first-order chi connectivity index (χ1) is 9.13. The topological polar surface area (TPSA) is 51.2 Å². The predicted molar refractivity (Wildman–Crippen MR) is 73.3 cm³/mol. The van der Waals surface area contributed by atoms with Gasteiger partial charge < -0.3 is 10.1 Å². The summed E-state index contributed by atoms with van der Waals surface area (Å²) >= 11 is 6.03. The smallest absolute Gasteiger partial charge is 0.222 e. The van der Waals surface area contributed by atoms with Gasteiger partial charge in [-0.3, -0.25) is 4.79 Å². The second-order valence-electron chi connectivity index (χ2n) is 4.34. The molecule has 0 aliphatic carbocycles. The first-order valence-electron chi connectivity index (χ1n) is 5.83. The van der Waals surface area contributed by atoms with Crippen LogP contribution < -0.4 is 10.1 Å². The molecule has 1 aliphatic rings. The third-order valence-electron chi connectivity index (χ3n) is 2.91. The summed E-state index contributed by atoms with van der Waals surface area (Å²) in [5.74, 6) is 1.17. The fourth-order valence-corrected chi connectivity index (χ4v) is 2.26. The fraction of sp³-hybridized carbons (Fsp3) is 0.143. The molecule has 0 saturated heterocycles. The van der Waals surface area contributed by atoms with Gasteiger partial charge in [-0.05, 0) is 29.8 Å². The largest absolute Gasteiger partial charge is 0.488 e. The first-order valence-corrected chi connectivity index (χ1v) is 6.20. The zero-order valence-electron chi connectivity index (χ0n) is 10.2. The van der Waals surface area contributed by atoms with Crippen LogP contribution in [0.15, 0.2) is 30.5 Å². The second-order valence-corrected chi connectivity index (χ2v) is 4.77. The van der Waals surface area contributed by atoms with Gasteiger partial charge in [0.15, 0.2) is 0 Å². The van der Waals surface area contributed by atoms with E-state index in [0.29, 0.717) is 17.4 Å². The molecule has 2 aromatic rings. The number of nitrogens with zero attached hydrogens (tertiary/aromatic N) is 1. The van der Waals surface area contributed by atoms with E-state index in [1.807, 2.05) is 18.2 Å². The van der Waals surface area contributed by atoms with Crippen LogP contribution in [0.4, 0.5) is 5.82 Å². The number of hydrogen-bond donors (Lipinski definition) is 1. The number of pyridine rings is 1. The van der Waals surface area contributed by atoms with Crippen molar-refractivity contribution in [2.75, 3.05) is 5.32 Å². The third-order valence-corrected chi connectivity index (χ3v) is 3.14. The Balaban J connectivity index is 2.12. The molecule has 1 aromatic heterocycles. The van der Waals surface area contributed by atoms with Crippen LogP contribution in [0, 0.1) is 0 Å². The van der Waals surface area contributed by atoms with E-state index >= 15 is 0 Å². The van der Waals surface area contributed by atoms with Crippen LogP contribution >= 0.6 is 11.6 Å². The molecular weight excluding hydrogens is 264 g/mol. The van der Waals surface area contributed by atoms with Crippen molar-refractivity contribution in [1.29, 1.82) is 0 Å². The predicted octanol–water partition coefficient (Wildman–Crippen LogP) is 3.25. The SMILES string of the molecule is CC(=O)Nc1cc2c(cn1)COc1ccc(Cl)cc1-2. The van der Waals surface area contributed by atoms with Crippen LogP contribution in [0.2, 0.25) is 5.02 Å². The van der Waals surface area contributed by atoms with Gasteiger partial charge in [0.1, 0.15) is 18.2 Å². The van der Waals surface area contributed by atoms with Gasteiger partial charge >= 0.3 is 0 Å². The van der Waals surface area contributed by atoms with Crippen molar-refractivity contribution in [1.82, 2.24) is 4.98 Å². The molecule has 19 heavy (non-hydrogen) atoms. The number of nitrogens with one attached hydrogen (secondary N) is 1. The molecular formula is C14H11ClN2O2. The van der Waals surface area contributed by atoms with E-state index in [1.165, 1.54) is 6.92 Å². The lowest BCUT2D eigenvalue weighted by molar-refractivity contribution is -0.114. The minimum absolute atomic E-state index is 0.147. The Morgan fingerprint density at radius 3 is 3.00 bits per heavy atom. The lowest BCUT2D eigenvalue weighted by Crippen LogP contribution is -2.10. The summed E-state index contributed by atoms with van der Waals surface area (Å²) in [7, 11) is 0. The van der Waals surface area contributed by atoms with Crippen LogP contribution in [0.5, 0.6) is 5.75 Å². The van der Waals surface area contributed by atoms with Crippen LogP contribution in [-0.4, -0.2) is 10.9 Å². The van der Waals surface area contributed by atoms with Gasteiger partial charge in [-0.1, -0.05) is 11.6 Å². The summed E-state index contributed by atoms with van der Waals surface area (Å²) in [5, 5.41) is 3.32. The number of carbonyl (C=O) groups is 1. The average molecular weight is 275 g/mol. The maximum absolute atomic E-state index is 11.1. The summed E-state index contributed by atoms with van der Waals surface area (Å²) in [5.41, 5.74) is 2.88. The number of halogens is 1. The molecule has 1 N–H and O–H groups in total. The lowest BCUT2D eigenvalue weighted by atomic mass is 9.99. The highest BCUT2D eigenvalue weighted by atomic mass is 35.5. The van der Waals surface area contributed by atoms with E-state index in [2.05, 4.69) is 10.3 Å². The van der Waals surface area contributed by atoms with Gasteiger partial charge in [0.25, 0.3) is 0 Å². The Labute approximate surface area is 115 Å². The van der Waals surface area contributed by atoms with Crippen molar-refractivity contribution in [2.24, 2.45) is 0 Å². The molecule has 1 amide bonds. The van der Waals surface area contributed by atoms with Crippen LogP contribution in [0.3, 0.4) is 0 Å². The molecule has 1 aromatic carbocycles. The molecule has 0 spiro atoms. The molecule has 0 unspecified atom stereocenters. The Morgan fingerprint density at radius 2 is 2.21 bits per heavy atom. The molecule has 2 heterocycles. The van der Waals surface area contributed by atoms with Crippen LogP contribution in [-0.2, 0) is 11.4 Å². The minimum Gasteiger partial charge on any atom is -0.488 e. The number of ether oxygens (including phenoxy) is 1. The Morgan fingerprint density at radius 1 is 1.37 bits per heavy atom. The van der Waals surface area contributed by atoms with Gasteiger partial charge in [0.05, 0.1) is 0 Å². The first kappa shape index (κ1) is 12.0. The van der Waals surface area contributed by atoms with Gasteiger partial charge in [0, 0.05) is 29.3 Å². The van der Waals surface area contributed by atoms with E-state index in [0.717, 1.165) is 22.4 Å². The van der Waals surface area contributed by atoms with E-state index in [9.17, 15) is 4.79 Å². The molecule has 0 atom stereocenters. The maximum atomic E-state index is 11.1. The van der Waals surface area contributed by atoms with Crippen molar-refractivity contribution in [3.8, 4) is 16.9 Å². The highest BCUT2D eigenvalue weighted by molar-refractivity contribution is 6.31. The number of aromatic nitrogens is 1. The van der Waals surface area contributed by atoms with Gasteiger partial charge in [-0.2, -0.15) is 0 Å². The molecule has 0 bridgehead atoms. The number of anilines is 1. The zero-order valence-corrected chi connectivity index (χ0v) is 11.0. The van der Waals surface area contributed by atoms with Crippen molar-refractivity contribution >= 4 is 23.3 Å². The Bertz CT molecular complexity index is 670. The molecule has 3 rings (SSSR count).